The Bertz CT molecular complexity index is 948. The molecule has 0 aromatic heterocycles. The first kappa shape index (κ1) is 23.2. The van der Waals surface area contributed by atoms with Gasteiger partial charge in [0.1, 0.15) is 12.4 Å². The Labute approximate surface area is 191 Å². The van der Waals surface area contributed by atoms with Crippen LogP contribution in [0.2, 0.25) is 0 Å². The maximum Gasteiger partial charge on any atom is 0.428 e. The van der Waals surface area contributed by atoms with E-state index in [4.69, 9.17) is 9.47 Å². The van der Waals surface area contributed by atoms with Crippen molar-refractivity contribution in [1.29, 1.82) is 0 Å². The number of fused-ring (bicyclic) bond motifs is 3. The second-order valence-corrected chi connectivity index (χ2v) is 8.72. The highest BCUT2D eigenvalue weighted by Gasteiger charge is 2.59. The number of nitrogens with zero attached hydrogens (tertiary/aromatic N) is 2. The van der Waals surface area contributed by atoms with Gasteiger partial charge in [-0.15, -0.1) is 0 Å². The third-order valence-electron chi connectivity index (χ3n) is 7.01. The molecular formula is C23H29N3O7. The van der Waals surface area contributed by atoms with Crippen LogP contribution < -0.4 is 10.2 Å². The predicted molar refractivity (Wildman–Crippen MR) is 116 cm³/mol. The molecule has 178 valence electrons. The zero-order valence-electron chi connectivity index (χ0n) is 18.6. The summed E-state index contributed by atoms with van der Waals surface area (Å²) in [5.74, 6) is -1.94. The molecule has 3 aliphatic rings. The molecule has 1 aliphatic heterocycles. The van der Waals surface area contributed by atoms with E-state index in [2.05, 4.69) is 10.5 Å². The van der Waals surface area contributed by atoms with E-state index >= 15 is 0 Å². The monoisotopic (exact) mass is 459 g/mol. The van der Waals surface area contributed by atoms with Gasteiger partial charge < -0.3 is 19.7 Å². The summed E-state index contributed by atoms with van der Waals surface area (Å²) in [4.78, 5) is 38.9. The van der Waals surface area contributed by atoms with Crippen molar-refractivity contribution >= 4 is 23.6 Å². The second kappa shape index (κ2) is 9.48. The van der Waals surface area contributed by atoms with Crippen LogP contribution in [0, 0.1) is 23.7 Å². The first-order valence-electron chi connectivity index (χ1n) is 11.2. The Hall–Kier alpha value is -2.98. The first-order valence-corrected chi connectivity index (χ1v) is 11.2. The minimum Gasteiger partial charge on any atom is -0.497 e. The standard InChI is InChI=1S/C23H29N3O7/c1-3-26-21(29)15-9-8-14-16(10-17(27)20(28)18(14)19(15)22(26)30)24-25-23(31)33-11-12-4-6-13(32-2)7-5-12/h4-7,14-15,17-20,27-28H,3,8-11H2,1-2H3,(H,25,31)/t14-,15-,17-,18+,19-,20-/m1/s1. The number of aliphatic hydroxyl groups excluding tert-OH is 2. The van der Waals surface area contributed by atoms with Crippen LogP contribution in [0.1, 0.15) is 31.7 Å². The number of carbonyl (C=O) groups is 3. The number of hydrogen-bond acceptors (Lipinski definition) is 8. The lowest BCUT2D eigenvalue weighted by atomic mass is 9.60. The molecule has 3 N–H and O–H groups in total. The minimum absolute atomic E-state index is 0.0429. The number of imide groups is 1. The van der Waals surface area contributed by atoms with E-state index in [1.807, 2.05) is 0 Å². The van der Waals surface area contributed by atoms with Gasteiger partial charge in [0.15, 0.2) is 0 Å². The fourth-order valence-corrected chi connectivity index (χ4v) is 5.39. The number of carbonyl (C=O) groups excluding carboxylic acids is 3. The molecular weight excluding hydrogens is 430 g/mol. The molecule has 1 heterocycles. The van der Waals surface area contributed by atoms with E-state index in [9.17, 15) is 24.6 Å². The predicted octanol–water partition coefficient (Wildman–Crippen LogP) is 1.05. The van der Waals surface area contributed by atoms with Gasteiger partial charge in [0.2, 0.25) is 11.8 Å². The number of methoxy groups -OCH3 is 1. The molecule has 1 saturated heterocycles. The Morgan fingerprint density at radius 2 is 1.85 bits per heavy atom. The van der Waals surface area contributed by atoms with Gasteiger partial charge in [-0.2, -0.15) is 5.10 Å². The Morgan fingerprint density at radius 1 is 1.15 bits per heavy atom. The molecule has 3 fully saturated rings. The van der Waals surface area contributed by atoms with Crippen LogP contribution in [-0.2, 0) is 20.9 Å². The van der Waals surface area contributed by atoms with E-state index < -0.39 is 36.1 Å². The number of nitrogens with one attached hydrogen (secondary N) is 1. The van der Waals surface area contributed by atoms with Crippen molar-refractivity contribution in [1.82, 2.24) is 10.3 Å². The zero-order valence-corrected chi connectivity index (χ0v) is 18.6. The average Bonchev–Trinajstić information content (AvgIpc) is 3.08. The van der Waals surface area contributed by atoms with E-state index in [-0.39, 0.29) is 37.3 Å². The Balaban J connectivity index is 1.44. The molecule has 33 heavy (non-hydrogen) atoms. The normalized spacial score (nSPS) is 32.4. The molecule has 0 radical (unpaired) electrons. The number of amides is 3. The van der Waals surface area contributed by atoms with Crippen LogP contribution in [0.4, 0.5) is 4.79 Å². The molecule has 1 aromatic carbocycles. The van der Waals surface area contributed by atoms with Crippen LogP contribution in [0.15, 0.2) is 29.4 Å². The van der Waals surface area contributed by atoms with Crippen LogP contribution in [0.25, 0.3) is 0 Å². The number of ether oxygens (including phenoxy) is 2. The maximum atomic E-state index is 12.9. The van der Waals surface area contributed by atoms with Gasteiger partial charge in [-0.3, -0.25) is 14.5 Å². The molecule has 0 unspecified atom stereocenters. The molecule has 4 rings (SSSR count). The summed E-state index contributed by atoms with van der Waals surface area (Å²) in [5, 5.41) is 25.3. The third-order valence-corrected chi connectivity index (χ3v) is 7.01. The Morgan fingerprint density at radius 3 is 2.52 bits per heavy atom. The number of likely N-dealkylation sites (tertiary alicyclic amines) is 1. The van der Waals surface area contributed by atoms with Gasteiger partial charge in [-0.1, -0.05) is 12.1 Å². The van der Waals surface area contributed by atoms with Crippen LogP contribution in [0.3, 0.4) is 0 Å². The molecule has 0 spiro atoms. The lowest BCUT2D eigenvalue weighted by molar-refractivity contribution is -0.141. The molecule has 1 aromatic rings. The number of benzene rings is 1. The van der Waals surface area contributed by atoms with E-state index in [0.717, 1.165) is 5.56 Å². The second-order valence-electron chi connectivity index (χ2n) is 8.72. The number of hydrogen-bond donors (Lipinski definition) is 3. The van der Waals surface area contributed by atoms with E-state index in [1.54, 1.807) is 38.3 Å². The zero-order chi connectivity index (χ0) is 23.7. The number of aliphatic hydroxyl groups is 2. The molecule has 2 saturated carbocycles. The molecule has 3 amide bonds. The maximum absolute atomic E-state index is 12.9. The summed E-state index contributed by atoms with van der Waals surface area (Å²) >= 11 is 0. The largest absolute Gasteiger partial charge is 0.497 e. The average molecular weight is 459 g/mol. The van der Waals surface area contributed by atoms with Gasteiger partial charge in [-0.05, 0) is 37.5 Å². The van der Waals surface area contributed by atoms with Gasteiger partial charge in [0, 0.05) is 30.5 Å². The Kier molecular flexibility index (Phi) is 6.66. The van der Waals surface area contributed by atoms with E-state index in [0.29, 0.717) is 24.3 Å². The third kappa shape index (κ3) is 4.32. The van der Waals surface area contributed by atoms with Crippen molar-refractivity contribution in [2.24, 2.45) is 28.8 Å². The van der Waals surface area contributed by atoms with Crippen molar-refractivity contribution in [2.45, 2.75) is 45.0 Å². The molecule has 10 nitrogen and oxygen atoms in total. The van der Waals surface area contributed by atoms with Crippen molar-refractivity contribution in [2.75, 3.05) is 13.7 Å². The van der Waals surface area contributed by atoms with Crippen LogP contribution in [0.5, 0.6) is 5.75 Å². The van der Waals surface area contributed by atoms with Gasteiger partial charge in [0.05, 0.1) is 31.2 Å². The molecule has 6 atom stereocenters. The molecule has 2 aliphatic carbocycles. The lowest BCUT2D eigenvalue weighted by Crippen LogP contribution is -2.55. The number of hydrazone groups is 1. The fraction of sp³-hybridized carbons (Fsp3) is 0.565. The summed E-state index contributed by atoms with van der Waals surface area (Å²) in [5.41, 5.74) is 3.63. The van der Waals surface area contributed by atoms with Crippen LogP contribution >= 0.6 is 0 Å². The molecule has 0 bridgehead atoms. The van der Waals surface area contributed by atoms with E-state index in [1.165, 1.54) is 4.90 Å². The highest BCUT2D eigenvalue weighted by atomic mass is 16.6. The first-order chi connectivity index (χ1) is 15.8. The van der Waals surface area contributed by atoms with Crippen LogP contribution in [-0.4, -0.2) is 64.6 Å². The topological polar surface area (TPSA) is 138 Å². The smallest absolute Gasteiger partial charge is 0.428 e. The SMILES string of the molecule is CCN1C(=O)[C@H]2[C@H]3[C@H](O)[C@H](O)CC(=NNC(=O)OCc4ccc(OC)cc4)[C@H]3CC[C@H]2C1=O. The summed E-state index contributed by atoms with van der Waals surface area (Å²) < 4.78 is 10.3. The van der Waals surface area contributed by atoms with Gasteiger partial charge >= 0.3 is 6.09 Å². The van der Waals surface area contributed by atoms with Crippen molar-refractivity contribution < 1.29 is 34.1 Å². The summed E-state index contributed by atoms with van der Waals surface area (Å²) in [6.45, 7) is 2.07. The highest BCUT2D eigenvalue weighted by Crippen LogP contribution is 2.49. The number of rotatable bonds is 5. The van der Waals surface area contributed by atoms with Crippen molar-refractivity contribution in [3.8, 4) is 5.75 Å². The summed E-state index contributed by atoms with van der Waals surface area (Å²) in [6, 6.07) is 7.08. The molecule has 10 heteroatoms. The van der Waals surface area contributed by atoms with Gasteiger partial charge in [0.25, 0.3) is 0 Å². The minimum atomic E-state index is -1.14. The quantitative estimate of drug-likeness (QED) is 0.442. The van der Waals surface area contributed by atoms with Crippen molar-refractivity contribution in [3.05, 3.63) is 29.8 Å². The lowest BCUT2D eigenvalue weighted by Gasteiger charge is -2.45. The van der Waals surface area contributed by atoms with Gasteiger partial charge in [-0.25, -0.2) is 10.2 Å². The highest BCUT2D eigenvalue weighted by molar-refractivity contribution is 6.06. The summed E-state index contributed by atoms with van der Waals surface area (Å²) in [6.07, 6.45) is -1.94. The van der Waals surface area contributed by atoms with Crippen molar-refractivity contribution in [3.63, 3.8) is 0 Å². The summed E-state index contributed by atoms with van der Waals surface area (Å²) in [7, 11) is 1.57. The fourth-order valence-electron chi connectivity index (χ4n) is 5.39.